The number of phosphoric acid groups is 1. The first-order chi connectivity index (χ1) is 22.7. The molecule has 0 aromatic carbocycles. The molecule has 0 aliphatic rings. The van der Waals surface area contributed by atoms with Crippen molar-refractivity contribution in [2.75, 3.05) is 26.4 Å². The number of aliphatic hydroxyl groups excluding tert-OH is 2. The number of carbonyl (C=O) groups is 2. The predicted molar refractivity (Wildman–Crippen MR) is 187 cm³/mol. The zero-order chi connectivity index (χ0) is 34.9. The summed E-state index contributed by atoms with van der Waals surface area (Å²) in [5.74, 6) is -0.975. The first-order valence-corrected chi connectivity index (χ1v) is 19.4. The minimum atomic E-state index is -4.61. The lowest BCUT2D eigenvalue weighted by molar-refractivity contribution is -0.161. The summed E-state index contributed by atoms with van der Waals surface area (Å²) in [5.41, 5.74) is 0. The Morgan fingerprint density at radius 2 is 1.11 bits per heavy atom. The van der Waals surface area contributed by atoms with E-state index in [1.54, 1.807) is 0 Å². The van der Waals surface area contributed by atoms with Crippen molar-refractivity contribution in [2.45, 2.75) is 154 Å². The van der Waals surface area contributed by atoms with Gasteiger partial charge in [-0.05, 0) is 51.4 Å². The summed E-state index contributed by atoms with van der Waals surface area (Å²) in [4.78, 5) is 34.6. The van der Waals surface area contributed by atoms with Crippen LogP contribution in [0, 0.1) is 0 Å². The fourth-order valence-corrected chi connectivity index (χ4v) is 5.26. The van der Waals surface area contributed by atoms with E-state index < -0.39 is 51.8 Å². The molecule has 274 valence electrons. The molecule has 0 aliphatic carbocycles. The first kappa shape index (κ1) is 45.2. The minimum Gasteiger partial charge on any atom is -0.462 e. The predicted octanol–water partition coefficient (Wildman–Crippen LogP) is 8.44. The molecule has 1 unspecified atom stereocenters. The number of rotatable bonds is 33. The standard InChI is InChI=1S/C36H65O10P/c1-3-5-7-9-11-13-14-15-16-17-18-20-21-23-25-27-35(39)43-31-34(32-45-47(41,42)44-30-33(38)29-37)46-36(40)28-26-24-22-19-12-10-8-6-4-2/h11,13,15-16,18,20,33-34,37-38H,3-10,12,14,17,19,21-32H2,1-2H3,(H,41,42)/b13-11+,16-15+,20-18+/t33-,34+/m1/s1. The van der Waals surface area contributed by atoms with E-state index in [0.717, 1.165) is 51.4 Å². The molecule has 0 saturated carbocycles. The molecule has 0 saturated heterocycles. The lowest BCUT2D eigenvalue weighted by Gasteiger charge is -2.20. The highest BCUT2D eigenvalue weighted by atomic mass is 31.2. The third-order valence-corrected chi connectivity index (χ3v) is 8.25. The van der Waals surface area contributed by atoms with E-state index in [2.05, 4.69) is 54.8 Å². The molecule has 0 radical (unpaired) electrons. The molecule has 11 heteroatoms. The van der Waals surface area contributed by atoms with Crippen LogP contribution in [0.15, 0.2) is 36.5 Å². The van der Waals surface area contributed by atoms with E-state index in [0.29, 0.717) is 12.8 Å². The lowest BCUT2D eigenvalue weighted by atomic mass is 10.1. The summed E-state index contributed by atoms with van der Waals surface area (Å²) >= 11 is 0. The Bertz CT molecular complexity index is 889. The quantitative estimate of drug-likeness (QED) is 0.0265. The van der Waals surface area contributed by atoms with Gasteiger partial charge in [-0.25, -0.2) is 4.57 Å². The van der Waals surface area contributed by atoms with Gasteiger partial charge in [-0.1, -0.05) is 115 Å². The van der Waals surface area contributed by atoms with Gasteiger partial charge >= 0.3 is 19.8 Å². The maximum atomic E-state index is 12.5. The zero-order valence-electron chi connectivity index (χ0n) is 29.2. The average molecular weight is 689 g/mol. The third-order valence-electron chi connectivity index (χ3n) is 7.30. The van der Waals surface area contributed by atoms with Gasteiger partial charge in [0.2, 0.25) is 0 Å². The number of allylic oxidation sites excluding steroid dienone is 6. The van der Waals surface area contributed by atoms with Gasteiger partial charge in [0.1, 0.15) is 12.7 Å². The van der Waals surface area contributed by atoms with Gasteiger partial charge in [0, 0.05) is 12.8 Å². The number of aliphatic hydroxyl groups is 2. The Morgan fingerprint density at radius 1 is 0.638 bits per heavy atom. The molecule has 3 N–H and O–H groups in total. The molecular weight excluding hydrogens is 623 g/mol. The minimum absolute atomic E-state index is 0.176. The fraction of sp³-hybridized carbons (Fsp3) is 0.778. The van der Waals surface area contributed by atoms with Gasteiger partial charge in [0.25, 0.3) is 0 Å². The molecule has 0 aliphatic heterocycles. The van der Waals surface area contributed by atoms with E-state index in [-0.39, 0.29) is 19.4 Å². The number of ether oxygens (including phenoxy) is 2. The topological polar surface area (TPSA) is 149 Å². The SMILES string of the molecule is CCCCC/C=C/C/C=C/C/C=C/CCCCC(=O)OC[C@@H](COP(=O)(O)OC[C@H](O)CO)OC(=O)CCCCCCCCCCC. The molecule has 47 heavy (non-hydrogen) atoms. The Kier molecular flexibility index (Phi) is 31.5. The highest BCUT2D eigenvalue weighted by molar-refractivity contribution is 7.47. The van der Waals surface area contributed by atoms with Crippen molar-refractivity contribution in [2.24, 2.45) is 0 Å². The maximum Gasteiger partial charge on any atom is 0.472 e. The Labute approximate surface area is 284 Å². The Hall–Kier alpha value is -1.81. The molecule has 0 spiro atoms. The van der Waals surface area contributed by atoms with Gasteiger partial charge in [-0.2, -0.15) is 0 Å². The third kappa shape index (κ3) is 32.5. The number of carbonyl (C=O) groups excluding carboxylic acids is 2. The lowest BCUT2D eigenvalue weighted by Crippen LogP contribution is -2.29. The molecule has 10 nitrogen and oxygen atoms in total. The van der Waals surface area contributed by atoms with Crippen molar-refractivity contribution in [3.63, 3.8) is 0 Å². The van der Waals surface area contributed by atoms with Gasteiger partial charge in [-0.15, -0.1) is 0 Å². The van der Waals surface area contributed by atoms with Crippen LogP contribution in [0.1, 0.15) is 142 Å². The van der Waals surface area contributed by atoms with E-state index in [1.165, 1.54) is 51.4 Å². The van der Waals surface area contributed by atoms with Crippen LogP contribution in [0.25, 0.3) is 0 Å². The van der Waals surface area contributed by atoms with Crippen LogP contribution in [0.4, 0.5) is 0 Å². The summed E-state index contributed by atoms with van der Waals surface area (Å²) in [7, 11) is -4.61. The number of hydrogen-bond donors (Lipinski definition) is 3. The van der Waals surface area contributed by atoms with Crippen LogP contribution in [-0.2, 0) is 32.7 Å². The molecule has 0 aromatic rings. The van der Waals surface area contributed by atoms with E-state index in [4.69, 9.17) is 19.1 Å². The van der Waals surface area contributed by atoms with Gasteiger partial charge in [-0.3, -0.25) is 18.6 Å². The molecule has 0 aromatic heterocycles. The summed E-state index contributed by atoms with van der Waals surface area (Å²) in [6, 6.07) is 0. The molecular formula is C36H65O10P. The van der Waals surface area contributed by atoms with E-state index in [9.17, 15) is 24.2 Å². The first-order valence-electron chi connectivity index (χ1n) is 17.9. The van der Waals surface area contributed by atoms with Crippen molar-refractivity contribution in [1.29, 1.82) is 0 Å². The van der Waals surface area contributed by atoms with Crippen LogP contribution >= 0.6 is 7.82 Å². The smallest absolute Gasteiger partial charge is 0.462 e. The molecule has 0 rings (SSSR count). The monoisotopic (exact) mass is 688 g/mol. The highest BCUT2D eigenvalue weighted by Crippen LogP contribution is 2.43. The second kappa shape index (κ2) is 32.7. The highest BCUT2D eigenvalue weighted by Gasteiger charge is 2.27. The number of unbranched alkanes of at least 4 members (excludes halogenated alkanes) is 13. The average Bonchev–Trinajstić information content (AvgIpc) is 3.05. The maximum absolute atomic E-state index is 12.5. The van der Waals surface area contributed by atoms with Gasteiger partial charge < -0.3 is 24.6 Å². The number of hydrogen-bond acceptors (Lipinski definition) is 9. The Balaban J connectivity index is 4.45. The van der Waals surface area contributed by atoms with Crippen molar-refractivity contribution in [1.82, 2.24) is 0 Å². The zero-order valence-corrected chi connectivity index (χ0v) is 30.1. The van der Waals surface area contributed by atoms with Gasteiger partial charge in [0.15, 0.2) is 6.10 Å². The van der Waals surface area contributed by atoms with Crippen LogP contribution in [0.3, 0.4) is 0 Å². The number of esters is 2. The van der Waals surface area contributed by atoms with Crippen LogP contribution in [-0.4, -0.2) is 65.7 Å². The van der Waals surface area contributed by atoms with Crippen molar-refractivity contribution >= 4 is 19.8 Å². The molecule has 0 fully saturated rings. The van der Waals surface area contributed by atoms with Gasteiger partial charge in [0.05, 0.1) is 19.8 Å². The molecule has 0 heterocycles. The summed E-state index contributed by atoms with van der Waals surface area (Å²) < 4.78 is 32.4. The van der Waals surface area contributed by atoms with Crippen molar-refractivity contribution in [3.05, 3.63) is 36.5 Å². The van der Waals surface area contributed by atoms with Crippen LogP contribution in [0.2, 0.25) is 0 Å². The van der Waals surface area contributed by atoms with Crippen molar-refractivity contribution in [3.8, 4) is 0 Å². The Morgan fingerprint density at radius 3 is 1.70 bits per heavy atom. The molecule has 0 bridgehead atoms. The van der Waals surface area contributed by atoms with Crippen LogP contribution < -0.4 is 0 Å². The fourth-order valence-electron chi connectivity index (χ4n) is 4.47. The summed E-state index contributed by atoms with van der Waals surface area (Å²) in [6.45, 7) is 2.25. The second-order valence-electron chi connectivity index (χ2n) is 11.9. The second-order valence-corrected chi connectivity index (χ2v) is 13.4. The molecule has 0 amide bonds. The largest absolute Gasteiger partial charge is 0.472 e. The normalized spacial score (nSPS) is 14.6. The summed E-state index contributed by atoms with van der Waals surface area (Å²) in [6.07, 6.45) is 29.9. The number of phosphoric ester groups is 1. The van der Waals surface area contributed by atoms with E-state index >= 15 is 0 Å². The molecule has 3 atom stereocenters. The van der Waals surface area contributed by atoms with Crippen LogP contribution in [0.5, 0.6) is 0 Å². The van der Waals surface area contributed by atoms with E-state index in [1.807, 2.05) is 0 Å². The summed E-state index contributed by atoms with van der Waals surface area (Å²) in [5, 5.41) is 18.2. The van der Waals surface area contributed by atoms with Crippen molar-refractivity contribution < 1.29 is 47.8 Å².